The van der Waals surface area contributed by atoms with E-state index in [0.29, 0.717) is 16.1 Å². The first-order chi connectivity index (χ1) is 9.88. The summed E-state index contributed by atoms with van der Waals surface area (Å²) in [6.07, 6.45) is -0.329. The van der Waals surface area contributed by atoms with Gasteiger partial charge in [-0.2, -0.15) is 8.42 Å². The third-order valence-electron chi connectivity index (χ3n) is 3.07. The third kappa shape index (κ3) is 5.19. The zero-order valence-electron chi connectivity index (χ0n) is 12.9. The van der Waals surface area contributed by atoms with Crippen molar-refractivity contribution in [2.75, 3.05) is 0 Å². The van der Waals surface area contributed by atoms with Crippen LogP contribution in [0.3, 0.4) is 0 Å². The van der Waals surface area contributed by atoms with Gasteiger partial charge in [0.2, 0.25) is 0 Å². The molecule has 0 bridgehead atoms. The normalized spacial score (nSPS) is 12.3. The Morgan fingerprint density at radius 1 is 1.09 bits per heavy atom. The number of Topliss-reactive ketones (excluding diaryl/α,β-unsaturated/α-hetero) is 1. The molecule has 2 rings (SSSR count). The van der Waals surface area contributed by atoms with Gasteiger partial charge in [0.25, 0.3) is 10.1 Å². The van der Waals surface area contributed by atoms with Gasteiger partial charge in [-0.15, -0.1) is 0 Å². The molecule has 1 N–H and O–H groups in total. The SMILES string of the molecule is O=C(CC(c1ccccc1)S(=O)(=O)O)c1ccc(Cl)cc1.[H-].[Na+]. The van der Waals surface area contributed by atoms with Gasteiger partial charge < -0.3 is 1.43 Å². The fraction of sp³-hybridized carbons (Fsp3) is 0.133. The van der Waals surface area contributed by atoms with Gasteiger partial charge in [-0.1, -0.05) is 41.9 Å². The molecule has 0 radical (unpaired) electrons. The molecule has 112 valence electrons. The van der Waals surface area contributed by atoms with Crippen LogP contribution in [0.5, 0.6) is 0 Å². The Kier molecular flexibility index (Phi) is 7.25. The van der Waals surface area contributed by atoms with E-state index in [9.17, 15) is 17.8 Å². The minimum Gasteiger partial charge on any atom is -1.00 e. The molecule has 0 amide bonds. The maximum absolute atomic E-state index is 12.2. The monoisotopic (exact) mass is 348 g/mol. The number of rotatable bonds is 5. The van der Waals surface area contributed by atoms with Gasteiger partial charge in [0, 0.05) is 17.0 Å². The van der Waals surface area contributed by atoms with Crippen LogP contribution in [0.4, 0.5) is 0 Å². The first-order valence-corrected chi connectivity index (χ1v) is 8.06. The van der Waals surface area contributed by atoms with Gasteiger partial charge >= 0.3 is 29.6 Å². The smallest absolute Gasteiger partial charge is 1.00 e. The second-order valence-corrected chi connectivity index (χ2v) is 6.58. The second-order valence-electron chi connectivity index (χ2n) is 4.55. The van der Waals surface area contributed by atoms with Crippen molar-refractivity contribution >= 4 is 27.5 Å². The van der Waals surface area contributed by atoms with Gasteiger partial charge in [-0.25, -0.2) is 0 Å². The zero-order chi connectivity index (χ0) is 15.5. The van der Waals surface area contributed by atoms with E-state index in [2.05, 4.69) is 0 Å². The van der Waals surface area contributed by atoms with Crippen molar-refractivity contribution in [3.05, 3.63) is 70.7 Å². The standard InChI is InChI=1S/C15H13ClO4S.Na.H/c16-13-8-6-11(7-9-13)14(17)10-15(21(18,19)20)12-4-2-1-3-5-12;;/h1-9,15H,10H2,(H,18,19,20);;/q;+1;-1. The van der Waals surface area contributed by atoms with Crippen LogP contribution < -0.4 is 29.6 Å². The Morgan fingerprint density at radius 3 is 2.14 bits per heavy atom. The van der Waals surface area contributed by atoms with Gasteiger partial charge in [0.1, 0.15) is 5.25 Å². The summed E-state index contributed by atoms with van der Waals surface area (Å²) in [4.78, 5) is 12.2. The van der Waals surface area contributed by atoms with E-state index >= 15 is 0 Å². The van der Waals surface area contributed by atoms with Crippen LogP contribution in [-0.2, 0) is 10.1 Å². The van der Waals surface area contributed by atoms with Crippen LogP contribution in [0.1, 0.15) is 29.0 Å². The van der Waals surface area contributed by atoms with Crippen LogP contribution in [0.2, 0.25) is 5.02 Å². The predicted molar refractivity (Wildman–Crippen MR) is 82.2 cm³/mol. The summed E-state index contributed by atoms with van der Waals surface area (Å²) < 4.78 is 32.4. The van der Waals surface area contributed by atoms with Gasteiger partial charge in [-0.3, -0.25) is 9.35 Å². The summed E-state index contributed by atoms with van der Waals surface area (Å²) in [7, 11) is -4.38. The molecule has 2 aromatic rings. The van der Waals surface area contributed by atoms with Crippen molar-refractivity contribution in [2.45, 2.75) is 11.7 Å². The summed E-state index contributed by atoms with van der Waals surface area (Å²) >= 11 is 5.74. The summed E-state index contributed by atoms with van der Waals surface area (Å²) in [6, 6.07) is 14.3. The molecular weight excluding hydrogens is 335 g/mol. The van der Waals surface area contributed by atoms with Crippen molar-refractivity contribution in [1.82, 2.24) is 0 Å². The minimum atomic E-state index is -4.38. The average Bonchev–Trinajstić information content (AvgIpc) is 2.45. The van der Waals surface area contributed by atoms with Crippen LogP contribution in [0, 0.1) is 0 Å². The number of benzene rings is 2. The summed E-state index contributed by atoms with van der Waals surface area (Å²) in [5.74, 6) is -0.377. The molecule has 0 spiro atoms. The molecule has 0 aliphatic heterocycles. The van der Waals surface area contributed by atoms with Gasteiger partial charge in [0.05, 0.1) is 0 Å². The van der Waals surface area contributed by atoms with Crippen LogP contribution in [-0.4, -0.2) is 18.8 Å². The Balaban J connectivity index is 0.00000242. The molecule has 2 aromatic carbocycles. The zero-order valence-corrected chi connectivity index (χ0v) is 15.5. The molecule has 0 saturated carbocycles. The van der Waals surface area contributed by atoms with Crippen LogP contribution in [0.15, 0.2) is 54.6 Å². The van der Waals surface area contributed by atoms with Crippen molar-refractivity contribution < 1.29 is 48.7 Å². The molecule has 1 unspecified atom stereocenters. The molecule has 0 heterocycles. The van der Waals surface area contributed by atoms with E-state index in [1.807, 2.05) is 0 Å². The van der Waals surface area contributed by atoms with E-state index in [-0.39, 0.29) is 43.2 Å². The van der Waals surface area contributed by atoms with E-state index in [4.69, 9.17) is 11.6 Å². The van der Waals surface area contributed by atoms with Crippen molar-refractivity contribution in [3.8, 4) is 0 Å². The molecule has 0 saturated heterocycles. The maximum atomic E-state index is 12.2. The number of halogens is 1. The molecular formula is C15H14ClNaO4S. The molecule has 4 nitrogen and oxygen atoms in total. The van der Waals surface area contributed by atoms with E-state index in [0.717, 1.165) is 0 Å². The molecule has 1 atom stereocenters. The van der Waals surface area contributed by atoms with Gasteiger partial charge in [-0.05, 0) is 29.8 Å². The van der Waals surface area contributed by atoms with Crippen LogP contribution >= 0.6 is 11.6 Å². The first-order valence-electron chi connectivity index (χ1n) is 6.18. The fourth-order valence-corrected chi connectivity index (χ4v) is 2.97. The number of carbonyl (C=O) groups is 1. The Morgan fingerprint density at radius 2 is 1.64 bits per heavy atom. The Labute approximate surface area is 158 Å². The molecule has 7 heteroatoms. The van der Waals surface area contributed by atoms with E-state index in [1.54, 1.807) is 42.5 Å². The third-order valence-corrected chi connectivity index (χ3v) is 4.48. The predicted octanol–water partition coefficient (Wildman–Crippen LogP) is 0.658. The molecule has 0 aliphatic carbocycles. The number of carbonyl (C=O) groups excluding carboxylic acids is 1. The average molecular weight is 349 g/mol. The number of ketones is 1. The van der Waals surface area contributed by atoms with Crippen molar-refractivity contribution in [1.29, 1.82) is 0 Å². The van der Waals surface area contributed by atoms with E-state index < -0.39 is 15.4 Å². The van der Waals surface area contributed by atoms with Gasteiger partial charge in [0.15, 0.2) is 5.78 Å². The Hall–Kier alpha value is -0.690. The summed E-state index contributed by atoms with van der Waals surface area (Å²) in [5, 5.41) is -0.789. The quantitative estimate of drug-likeness (QED) is 0.489. The summed E-state index contributed by atoms with van der Waals surface area (Å²) in [5.41, 5.74) is 0.728. The fourth-order valence-electron chi connectivity index (χ4n) is 1.98. The molecule has 0 fully saturated rings. The van der Waals surface area contributed by atoms with Crippen molar-refractivity contribution in [2.24, 2.45) is 0 Å². The molecule has 0 aliphatic rings. The largest absolute Gasteiger partial charge is 1.00 e. The minimum absolute atomic E-state index is 0. The number of hydrogen-bond donors (Lipinski definition) is 1. The molecule has 0 aromatic heterocycles. The maximum Gasteiger partial charge on any atom is 1.00 e. The molecule has 22 heavy (non-hydrogen) atoms. The number of hydrogen-bond acceptors (Lipinski definition) is 3. The van der Waals surface area contributed by atoms with E-state index in [1.165, 1.54) is 12.1 Å². The van der Waals surface area contributed by atoms with Crippen molar-refractivity contribution in [3.63, 3.8) is 0 Å². The second kappa shape index (κ2) is 8.24. The van der Waals surface area contributed by atoms with Crippen LogP contribution in [0.25, 0.3) is 0 Å². The summed E-state index contributed by atoms with van der Waals surface area (Å²) in [6.45, 7) is 0. The first kappa shape index (κ1) is 19.4. The Bertz CT molecular complexity index is 736. The topological polar surface area (TPSA) is 71.4 Å².